The van der Waals surface area contributed by atoms with E-state index in [0.29, 0.717) is 17.0 Å². The number of thiazole rings is 1. The highest BCUT2D eigenvalue weighted by molar-refractivity contribution is 7.22. The van der Waals surface area contributed by atoms with Crippen LogP contribution in [0.5, 0.6) is 0 Å². The molecule has 5 rings (SSSR count). The number of hydrogen-bond acceptors (Lipinski definition) is 7. The van der Waals surface area contributed by atoms with Crippen LogP contribution in [0.2, 0.25) is 0 Å². The third-order valence-corrected chi connectivity index (χ3v) is 6.53. The molecule has 4 heterocycles. The summed E-state index contributed by atoms with van der Waals surface area (Å²) in [4.78, 5) is 36.4. The van der Waals surface area contributed by atoms with Crippen LogP contribution < -0.4 is 15.9 Å². The maximum absolute atomic E-state index is 12.7. The Morgan fingerprint density at radius 1 is 1.20 bits per heavy atom. The van der Waals surface area contributed by atoms with E-state index >= 15 is 0 Å². The van der Waals surface area contributed by atoms with E-state index in [1.807, 2.05) is 32.0 Å². The fourth-order valence-corrected chi connectivity index (χ4v) is 4.67. The topological polar surface area (TPSA) is 97.4 Å². The van der Waals surface area contributed by atoms with Gasteiger partial charge in [0.2, 0.25) is 5.91 Å². The Morgan fingerprint density at radius 2 is 2.00 bits per heavy atom. The Hall–Kier alpha value is -3.27. The largest absolute Gasteiger partial charge is 0.352 e. The van der Waals surface area contributed by atoms with Crippen molar-refractivity contribution in [3.63, 3.8) is 0 Å². The van der Waals surface area contributed by atoms with Crippen molar-refractivity contribution in [3.05, 3.63) is 46.1 Å². The molecule has 3 aromatic heterocycles. The molecule has 0 spiro atoms. The molecule has 0 aliphatic carbocycles. The molecule has 30 heavy (non-hydrogen) atoms. The third kappa shape index (κ3) is 3.22. The number of nitrogens with zero attached hydrogens (tertiary/aromatic N) is 6. The molecule has 4 aromatic rings. The number of nitrogens with one attached hydrogen (secondary N) is 1. The van der Waals surface area contributed by atoms with Crippen LogP contribution in [0, 0.1) is 13.8 Å². The van der Waals surface area contributed by atoms with Gasteiger partial charge >= 0.3 is 5.69 Å². The Morgan fingerprint density at radius 3 is 2.77 bits per heavy atom. The lowest BCUT2D eigenvalue weighted by Gasteiger charge is -2.11. The van der Waals surface area contributed by atoms with Crippen LogP contribution in [0.15, 0.2) is 29.3 Å². The van der Waals surface area contributed by atoms with E-state index in [-0.39, 0.29) is 12.5 Å². The lowest BCUT2D eigenvalue weighted by atomic mass is 10.1. The standard InChI is InChI=1S/C20H21N7O2S/c1-12-5-6-14(9-13(12)2)22-15(28)10-27-20(29)26-11-21-17-16(18(26)24-27)30-19(23-17)25-7-3-4-8-25/h5-6,9,11H,3-4,7-8,10H2,1-2H3,(H,22,28). The SMILES string of the molecule is Cc1ccc(NC(=O)Cn2nc3c4sc(N5CCCC5)nc4ncn3c2=O)cc1C. The molecule has 1 amide bonds. The lowest BCUT2D eigenvalue weighted by molar-refractivity contribution is -0.117. The van der Waals surface area contributed by atoms with Gasteiger partial charge in [-0.2, -0.15) is 4.98 Å². The van der Waals surface area contributed by atoms with E-state index in [1.54, 1.807) is 0 Å². The van der Waals surface area contributed by atoms with Crippen LogP contribution in [0.1, 0.15) is 24.0 Å². The highest BCUT2D eigenvalue weighted by Crippen LogP contribution is 2.31. The number of carbonyl (C=O) groups excluding carboxylic acids is 1. The average Bonchev–Trinajstić information content (AvgIpc) is 3.44. The van der Waals surface area contributed by atoms with Crippen LogP contribution in [0.4, 0.5) is 10.8 Å². The smallest absolute Gasteiger partial charge is 0.348 e. The predicted octanol–water partition coefficient (Wildman–Crippen LogP) is 2.36. The van der Waals surface area contributed by atoms with E-state index in [9.17, 15) is 9.59 Å². The van der Waals surface area contributed by atoms with Crippen molar-refractivity contribution in [1.82, 2.24) is 24.1 Å². The number of carbonyl (C=O) groups is 1. The van der Waals surface area contributed by atoms with Crippen molar-refractivity contribution >= 4 is 44.1 Å². The number of aryl methyl sites for hydroxylation is 2. The Labute approximate surface area is 176 Å². The van der Waals surface area contributed by atoms with E-state index in [1.165, 1.54) is 26.7 Å². The summed E-state index contributed by atoms with van der Waals surface area (Å²) in [7, 11) is 0. The van der Waals surface area contributed by atoms with Crippen molar-refractivity contribution in [2.24, 2.45) is 0 Å². The van der Waals surface area contributed by atoms with Gasteiger partial charge in [-0.25, -0.2) is 18.9 Å². The summed E-state index contributed by atoms with van der Waals surface area (Å²) in [5.74, 6) is -0.310. The Bertz CT molecular complexity index is 1330. The van der Waals surface area contributed by atoms with Crippen molar-refractivity contribution in [3.8, 4) is 0 Å². The summed E-state index contributed by atoms with van der Waals surface area (Å²) in [6, 6.07) is 5.70. The minimum absolute atomic E-state index is 0.174. The van der Waals surface area contributed by atoms with Gasteiger partial charge in [0.15, 0.2) is 16.4 Å². The predicted molar refractivity (Wildman–Crippen MR) is 116 cm³/mol. The van der Waals surface area contributed by atoms with Gasteiger partial charge in [0.25, 0.3) is 0 Å². The number of amides is 1. The van der Waals surface area contributed by atoms with Gasteiger partial charge < -0.3 is 10.2 Å². The first-order chi connectivity index (χ1) is 14.5. The van der Waals surface area contributed by atoms with Gasteiger partial charge in [0, 0.05) is 18.8 Å². The Kier molecular flexibility index (Phi) is 4.50. The van der Waals surface area contributed by atoms with Gasteiger partial charge in [-0.05, 0) is 49.9 Å². The van der Waals surface area contributed by atoms with Gasteiger partial charge in [-0.3, -0.25) is 4.79 Å². The molecule has 1 aliphatic heterocycles. The van der Waals surface area contributed by atoms with Crippen LogP contribution in [-0.4, -0.2) is 43.1 Å². The molecule has 0 bridgehead atoms. The minimum Gasteiger partial charge on any atom is -0.348 e. The molecule has 9 nitrogen and oxygen atoms in total. The lowest BCUT2D eigenvalue weighted by Crippen LogP contribution is -2.28. The van der Waals surface area contributed by atoms with E-state index < -0.39 is 5.69 Å². The van der Waals surface area contributed by atoms with Crippen molar-refractivity contribution < 1.29 is 4.79 Å². The van der Waals surface area contributed by atoms with Gasteiger partial charge in [-0.1, -0.05) is 17.4 Å². The monoisotopic (exact) mass is 423 g/mol. The van der Waals surface area contributed by atoms with Gasteiger partial charge in [0.1, 0.15) is 17.6 Å². The summed E-state index contributed by atoms with van der Waals surface area (Å²) in [6.07, 6.45) is 3.74. The summed E-state index contributed by atoms with van der Waals surface area (Å²) in [6.45, 7) is 5.79. The highest BCUT2D eigenvalue weighted by atomic mass is 32.1. The van der Waals surface area contributed by atoms with Gasteiger partial charge in [0.05, 0.1) is 0 Å². The third-order valence-electron chi connectivity index (χ3n) is 5.43. The molecular formula is C20H21N7O2S. The number of fused-ring (bicyclic) bond motifs is 3. The molecule has 1 aliphatic rings. The molecule has 0 saturated carbocycles. The highest BCUT2D eigenvalue weighted by Gasteiger charge is 2.20. The number of rotatable bonds is 4. The van der Waals surface area contributed by atoms with E-state index in [2.05, 4.69) is 25.3 Å². The quantitative estimate of drug-likeness (QED) is 0.541. The number of benzene rings is 1. The number of hydrogen-bond donors (Lipinski definition) is 1. The zero-order chi connectivity index (χ0) is 20.8. The average molecular weight is 424 g/mol. The van der Waals surface area contributed by atoms with Crippen molar-refractivity contribution in [2.45, 2.75) is 33.2 Å². The first kappa shape index (κ1) is 18.7. The maximum Gasteiger partial charge on any atom is 0.352 e. The van der Waals surface area contributed by atoms with Crippen LogP contribution >= 0.6 is 11.3 Å². The van der Waals surface area contributed by atoms with Crippen LogP contribution in [-0.2, 0) is 11.3 Å². The van der Waals surface area contributed by atoms with Crippen LogP contribution in [0.25, 0.3) is 16.0 Å². The van der Waals surface area contributed by atoms with E-state index in [0.717, 1.165) is 46.9 Å². The summed E-state index contributed by atoms with van der Waals surface area (Å²) in [5, 5.41) is 8.14. The van der Waals surface area contributed by atoms with Crippen molar-refractivity contribution in [2.75, 3.05) is 23.3 Å². The summed E-state index contributed by atoms with van der Waals surface area (Å²) < 4.78 is 3.30. The number of anilines is 2. The van der Waals surface area contributed by atoms with Crippen LogP contribution in [0.3, 0.4) is 0 Å². The van der Waals surface area contributed by atoms with Gasteiger partial charge in [-0.15, -0.1) is 5.10 Å². The summed E-state index contributed by atoms with van der Waals surface area (Å²) >= 11 is 1.49. The molecule has 1 fully saturated rings. The fraction of sp³-hybridized carbons (Fsp3) is 0.350. The van der Waals surface area contributed by atoms with Crippen molar-refractivity contribution in [1.29, 1.82) is 0 Å². The van der Waals surface area contributed by atoms with E-state index in [4.69, 9.17) is 0 Å². The zero-order valence-electron chi connectivity index (χ0n) is 16.8. The molecule has 1 aromatic carbocycles. The molecule has 1 N–H and O–H groups in total. The molecule has 1 saturated heterocycles. The molecule has 0 atom stereocenters. The molecular weight excluding hydrogens is 402 g/mol. The molecule has 0 radical (unpaired) electrons. The molecule has 0 unspecified atom stereocenters. The molecule has 10 heteroatoms. The number of aromatic nitrogens is 5. The maximum atomic E-state index is 12.7. The Balaban J connectivity index is 1.44. The first-order valence-electron chi connectivity index (χ1n) is 9.86. The second-order valence-corrected chi connectivity index (χ2v) is 8.55. The second kappa shape index (κ2) is 7.21. The zero-order valence-corrected chi connectivity index (χ0v) is 17.6. The summed E-state index contributed by atoms with van der Waals surface area (Å²) in [5.41, 5.74) is 3.59. The normalized spacial score (nSPS) is 14.1. The fourth-order valence-electron chi connectivity index (χ4n) is 3.63. The first-order valence-corrected chi connectivity index (χ1v) is 10.7. The second-order valence-electron chi connectivity index (χ2n) is 7.57. The minimum atomic E-state index is -0.397. The molecule has 154 valence electrons.